The van der Waals surface area contributed by atoms with E-state index < -0.39 is 0 Å². The second-order valence-electron chi connectivity index (χ2n) is 5.08. The quantitative estimate of drug-likeness (QED) is 0.746. The van der Waals surface area contributed by atoms with Gasteiger partial charge in [0.1, 0.15) is 11.6 Å². The predicted octanol–water partition coefficient (Wildman–Crippen LogP) is 2.96. The van der Waals surface area contributed by atoms with Gasteiger partial charge in [0.05, 0.1) is 11.6 Å². The van der Waals surface area contributed by atoms with Crippen molar-refractivity contribution < 1.29 is 0 Å². The van der Waals surface area contributed by atoms with Crippen molar-refractivity contribution >= 4 is 28.5 Å². The van der Waals surface area contributed by atoms with E-state index in [2.05, 4.69) is 20.0 Å². The van der Waals surface area contributed by atoms with Crippen molar-refractivity contribution in [2.75, 3.05) is 11.9 Å². The molecule has 0 aliphatic heterocycles. The standard InChI is InChI=1S/C15H16ClN5/c1-10-18-14(13-8-17-21(3)15(13)19-10)20(2)9-11-4-6-12(16)7-5-11/h4-8H,9H2,1-3H3. The lowest BCUT2D eigenvalue weighted by Gasteiger charge is -2.19. The molecule has 0 fully saturated rings. The van der Waals surface area contributed by atoms with Crippen molar-refractivity contribution in [3.05, 3.63) is 46.9 Å². The summed E-state index contributed by atoms with van der Waals surface area (Å²) in [5.74, 6) is 1.63. The molecule has 0 amide bonds. The molecule has 0 atom stereocenters. The molecule has 108 valence electrons. The second kappa shape index (κ2) is 5.33. The number of aryl methyl sites for hydroxylation is 2. The summed E-state index contributed by atoms with van der Waals surface area (Å²) in [6.45, 7) is 2.64. The van der Waals surface area contributed by atoms with E-state index in [9.17, 15) is 0 Å². The fourth-order valence-corrected chi connectivity index (χ4v) is 2.47. The molecule has 3 rings (SSSR count). The molecule has 21 heavy (non-hydrogen) atoms. The molecule has 0 unspecified atom stereocenters. The Balaban J connectivity index is 1.97. The number of fused-ring (bicyclic) bond motifs is 1. The molecule has 2 aromatic heterocycles. The molecule has 0 saturated heterocycles. The van der Waals surface area contributed by atoms with Crippen LogP contribution in [0.1, 0.15) is 11.4 Å². The average Bonchev–Trinajstić information content (AvgIpc) is 2.82. The van der Waals surface area contributed by atoms with Gasteiger partial charge in [-0.1, -0.05) is 23.7 Å². The first kappa shape index (κ1) is 13.8. The van der Waals surface area contributed by atoms with Crippen LogP contribution in [0.4, 0.5) is 5.82 Å². The van der Waals surface area contributed by atoms with Gasteiger partial charge in [-0.05, 0) is 24.6 Å². The molecule has 6 heteroatoms. The molecule has 0 bridgehead atoms. The van der Waals surface area contributed by atoms with E-state index in [1.54, 1.807) is 4.68 Å². The number of benzene rings is 1. The molecule has 0 spiro atoms. The molecule has 3 aromatic rings. The molecule has 0 aliphatic carbocycles. The van der Waals surface area contributed by atoms with E-state index in [0.717, 1.165) is 34.2 Å². The number of nitrogens with zero attached hydrogens (tertiary/aromatic N) is 5. The smallest absolute Gasteiger partial charge is 0.163 e. The monoisotopic (exact) mass is 301 g/mol. The molecule has 0 N–H and O–H groups in total. The molecule has 0 saturated carbocycles. The third-order valence-corrected chi connectivity index (χ3v) is 3.63. The maximum Gasteiger partial charge on any atom is 0.163 e. The maximum absolute atomic E-state index is 5.92. The predicted molar refractivity (Wildman–Crippen MR) is 84.6 cm³/mol. The van der Waals surface area contributed by atoms with Crippen molar-refractivity contribution in [3.63, 3.8) is 0 Å². The van der Waals surface area contributed by atoms with Gasteiger partial charge in [0.15, 0.2) is 5.65 Å². The number of hydrogen-bond donors (Lipinski definition) is 0. The zero-order valence-corrected chi connectivity index (χ0v) is 13.0. The fraction of sp³-hybridized carbons (Fsp3) is 0.267. The zero-order valence-electron chi connectivity index (χ0n) is 12.2. The largest absolute Gasteiger partial charge is 0.355 e. The summed E-state index contributed by atoms with van der Waals surface area (Å²) in [4.78, 5) is 11.1. The highest BCUT2D eigenvalue weighted by Gasteiger charge is 2.13. The Kier molecular flexibility index (Phi) is 3.51. The topological polar surface area (TPSA) is 46.8 Å². The fourth-order valence-electron chi connectivity index (χ4n) is 2.34. The van der Waals surface area contributed by atoms with E-state index in [0.29, 0.717) is 0 Å². The zero-order chi connectivity index (χ0) is 15.0. The SMILES string of the molecule is Cc1nc(N(C)Cc2ccc(Cl)cc2)c2cnn(C)c2n1. The lowest BCUT2D eigenvalue weighted by Crippen LogP contribution is -2.18. The molecular formula is C15H16ClN5. The molecule has 5 nitrogen and oxygen atoms in total. The van der Waals surface area contributed by atoms with Crippen molar-refractivity contribution in [2.45, 2.75) is 13.5 Å². The van der Waals surface area contributed by atoms with Gasteiger partial charge in [-0.25, -0.2) is 9.97 Å². The Morgan fingerprint density at radius 2 is 1.90 bits per heavy atom. The lowest BCUT2D eigenvalue weighted by molar-refractivity contribution is 0.782. The Labute approximate surface area is 128 Å². The molecular weight excluding hydrogens is 286 g/mol. The summed E-state index contributed by atoms with van der Waals surface area (Å²) in [6, 6.07) is 7.84. The van der Waals surface area contributed by atoms with Crippen LogP contribution in [0.15, 0.2) is 30.5 Å². The van der Waals surface area contributed by atoms with Gasteiger partial charge in [-0.15, -0.1) is 0 Å². The highest BCUT2D eigenvalue weighted by Crippen LogP contribution is 2.24. The highest BCUT2D eigenvalue weighted by molar-refractivity contribution is 6.30. The van der Waals surface area contributed by atoms with Gasteiger partial charge in [0.25, 0.3) is 0 Å². The van der Waals surface area contributed by atoms with Gasteiger partial charge < -0.3 is 4.90 Å². The Hall–Kier alpha value is -2.14. The number of aromatic nitrogens is 4. The van der Waals surface area contributed by atoms with E-state index in [1.165, 1.54) is 5.56 Å². The van der Waals surface area contributed by atoms with Crippen LogP contribution < -0.4 is 4.90 Å². The van der Waals surface area contributed by atoms with Crippen LogP contribution in [-0.4, -0.2) is 26.8 Å². The maximum atomic E-state index is 5.92. The minimum absolute atomic E-state index is 0.740. The molecule has 2 heterocycles. The first-order valence-corrected chi connectivity index (χ1v) is 7.04. The van der Waals surface area contributed by atoms with Gasteiger partial charge in [-0.2, -0.15) is 5.10 Å². The van der Waals surface area contributed by atoms with Gasteiger partial charge >= 0.3 is 0 Å². The lowest BCUT2D eigenvalue weighted by atomic mass is 10.2. The Bertz CT molecular complexity index is 779. The summed E-state index contributed by atoms with van der Waals surface area (Å²) < 4.78 is 1.77. The summed E-state index contributed by atoms with van der Waals surface area (Å²) in [6.07, 6.45) is 1.81. The minimum atomic E-state index is 0.740. The molecule has 1 aromatic carbocycles. The van der Waals surface area contributed by atoms with Crippen molar-refractivity contribution in [1.82, 2.24) is 19.7 Å². The highest BCUT2D eigenvalue weighted by atomic mass is 35.5. The van der Waals surface area contributed by atoms with Crippen LogP contribution in [0.5, 0.6) is 0 Å². The number of hydrogen-bond acceptors (Lipinski definition) is 4. The summed E-state index contributed by atoms with van der Waals surface area (Å²) in [7, 11) is 3.90. The van der Waals surface area contributed by atoms with E-state index in [1.807, 2.05) is 51.5 Å². The summed E-state index contributed by atoms with van der Waals surface area (Å²) >= 11 is 5.92. The Morgan fingerprint density at radius 1 is 1.19 bits per heavy atom. The summed E-state index contributed by atoms with van der Waals surface area (Å²) in [5.41, 5.74) is 2.02. The molecule has 0 radical (unpaired) electrons. The van der Waals surface area contributed by atoms with Crippen molar-refractivity contribution in [3.8, 4) is 0 Å². The van der Waals surface area contributed by atoms with Gasteiger partial charge in [-0.3, -0.25) is 4.68 Å². The third kappa shape index (κ3) is 2.69. The number of rotatable bonds is 3. The van der Waals surface area contributed by atoms with Gasteiger partial charge in [0.2, 0.25) is 0 Å². The third-order valence-electron chi connectivity index (χ3n) is 3.38. The number of anilines is 1. The second-order valence-corrected chi connectivity index (χ2v) is 5.52. The van der Waals surface area contributed by atoms with Crippen LogP contribution >= 0.6 is 11.6 Å². The van der Waals surface area contributed by atoms with Crippen molar-refractivity contribution in [1.29, 1.82) is 0 Å². The van der Waals surface area contributed by atoms with Crippen LogP contribution in [0, 0.1) is 6.92 Å². The Morgan fingerprint density at radius 3 is 2.62 bits per heavy atom. The molecule has 0 aliphatic rings. The van der Waals surface area contributed by atoms with E-state index in [-0.39, 0.29) is 0 Å². The first-order valence-electron chi connectivity index (χ1n) is 6.66. The first-order chi connectivity index (χ1) is 10.0. The van der Waals surface area contributed by atoms with Crippen molar-refractivity contribution in [2.24, 2.45) is 7.05 Å². The van der Waals surface area contributed by atoms with Crippen LogP contribution in [-0.2, 0) is 13.6 Å². The van der Waals surface area contributed by atoms with Crippen LogP contribution in [0.3, 0.4) is 0 Å². The van der Waals surface area contributed by atoms with Crippen LogP contribution in [0.25, 0.3) is 11.0 Å². The summed E-state index contributed by atoms with van der Waals surface area (Å²) in [5, 5.41) is 5.97. The van der Waals surface area contributed by atoms with Gasteiger partial charge in [0, 0.05) is 25.7 Å². The van der Waals surface area contributed by atoms with E-state index in [4.69, 9.17) is 11.6 Å². The number of halogens is 1. The minimum Gasteiger partial charge on any atom is -0.355 e. The normalized spacial score (nSPS) is 11.0. The van der Waals surface area contributed by atoms with Crippen LogP contribution in [0.2, 0.25) is 5.02 Å². The average molecular weight is 302 g/mol. The van der Waals surface area contributed by atoms with E-state index >= 15 is 0 Å².